The van der Waals surface area contributed by atoms with Crippen molar-refractivity contribution < 1.29 is 43.6 Å². The molecule has 2 aromatic rings. The quantitative estimate of drug-likeness (QED) is 0.0757. The zero-order chi connectivity index (χ0) is 28.9. The first-order valence-electron chi connectivity index (χ1n) is 11.2. The number of carbonyl (C=O) groups is 4. The minimum absolute atomic E-state index is 0. The number of carbonyl (C=O) groups excluding carboxylic acids is 3. The van der Waals surface area contributed by atoms with E-state index in [1.165, 1.54) is 50.4 Å². The number of non-ortho nitro benzene ring substituents is 1. The fourth-order valence-corrected chi connectivity index (χ4v) is 3.68. The number of nitrogens with zero attached hydrogens (tertiary/aromatic N) is 4. The van der Waals surface area contributed by atoms with E-state index in [9.17, 15) is 29.3 Å². The summed E-state index contributed by atoms with van der Waals surface area (Å²) in [6.07, 6.45) is 0. The van der Waals surface area contributed by atoms with Gasteiger partial charge in [0, 0.05) is 47.1 Å². The summed E-state index contributed by atoms with van der Waals surface area (Å²) >= 11 is 1.01. The Bertz CT molecular complexity index is 1320. The monoisotopic (exact) mass is 587 g/mol. The molecule has 1 radical (unpaired) electrons. The van der Waals surface area contributed by atoms with E-state index < -0.39 is 53.0 Å². The van der Waals surface area contributed by atoms with Crippen molar-refractivity contribution in [2.45, 2.75) is 45.1 Å². The Morgan fingerprint density at radius 1 is 1.30 bits per heavy atom. The predicted octanol–water partition coefficient (Wildman–Crippen LogP) is 0.227. The summed E-state index contributed by atoms with van der Waals surface area (Å²) < 4.78 is 5.22. The molecule has 16 nitrogen and oxygen atoms in total. The number of carboxylic acid groups (broad SMARTS) is 1. The first kappa shape index (κ1) is 32.6. The van der Waals surface area contributed by atoms with Crippen LogP contribution in [0.3, 0.4) is 0 Å². The number of anilines is 1. The van der Waals surface area contributed by atoms with Crippen LogP contribution >= 0.6 is 11.3 Å². The van der Waals surface area contributed by atoms with Crippen LogP contribution in [0.4, 0.5) is 10.8 Å². The van der Waals surface area contributed by atoms with E-state index in [4.69, 9.17) is 25.3 Å². The summed E-state index contributed by atoms with van der Waals surface area (Å²) in [5.74, 6) is -3.68. The Labute approximate surface area is 252 Å². The first-order valence-corrected chi connectivity index (χ1v) is 12.0. The summed E-state index contributed by atoms with van der Waals surface area (Å²) in [4.78, 5) is 73.1. The molecule has 2 heterocycles. The second kappa shape index (κ2) is 13.6. The summed E-state index contributed by atoms with van der Waals surface area (Å²) in [6, 6.07) is 3.67. The fraction of sp³-hybridized carbons (Fsp3) is 0.364. The number of aromatic nitrogens is 1. The van der Waals surface area contributed by atoms with Gasteiger partial charge in [-0.2, -0.15) is 0 Å². The molecule has 0 saturated carbocycles. The summed E-state index contributed by atoms with van der Waals surface area (Å²) in [5, 5.41) is 28.1. The van der Waals surface area contributed by atoms with E-state index in [-0.39, 0.29) is 58.4 Å². The van der Waals surface area contributed by atoms with E-state index in [2.05, 4.69) is 15.5 Å². The zero-order valence-corrected chi connectivity index (χ0v) is 24.7. The SMILES string of the molecule is C[C@H]1[C@H](NC(=O)C(=NOC(C)(C)C(=O)OCc2ccc([N+](=O)[O-])cc2)c2csc(N)n2)C(=O)N1OCC(=O)O.[Na]. The smallest absolute Gasteiger partial charge is 0.353 e. The van der Waals surface area contributed by atoms with Gasteiger partial charge in [0.25, 0.3) is 17.5 Å². The third kappa shape index (κ3) is 7.95. The van der Waals surface area contributed by atoms with E-state index in [0.29, 0.717) is 5.56 Å². The molecule has 4 N–H and O–H groups in total. The van der Waals surface area contributed by atoms with Crippen LogP contribution in [0.2, 0.25) is 0 Å². The second-order valence-electron chi connectivity index (χ2n) is 8.64. The topological polar surface area (TPSA) is 226 Å². The Morgan fingerprint density at radius 2 is 1.95 bits per heavy atom. The van der Waals surface area contributed by atoms with Gasteiger partial charge in [-0.05, 0) is 38.5 Å². The Hall–Kier alpha value is -3.64. The third-order valence-electron chi connectivity index (χ3n) is 5.30. The van der Waals surface area contributed by atoms with E-state index in [1.54, 1.807) is 0 Å². The largest absolute Gasteiger partial charge is 0.479 e. The molecule has 2 atom stereocenters. The molecule has 1 aliphatic rings. The van der Waals surface area contributed by atoms with E-state index >= 15 is 0 Å². The van der Waals surface area contributed by atoms with Crippen molar-refractivity contribution in [3.63, 3.8) is 0 Å². The van der Waals surface area contributed by atoms with Crippen LogP contribution in [0, 0.1) is 10.1 Å². The Balaban J connectivity index is 0.00000560. The Kier molecular flexibility index (Phi) is 11.1. The average molecular weight is 588 g/mol. The minimum atomic E-state index is -1.69. The number of hydrogen-bond donors (Lipinski definition) is 3. The zero-order valence-electron chi connectivity index (χ0n) is 21.9. The number of nitro groups is 1. The number of nitro benzene ring substituents is 1. The molecular weight excluding hydrogens is 563 g/mol. The van der Waals surface area contributed by atoms with Gasteiger partial charge in [-0.25, -0.2) is 19.6 Å². The van der Waals surface area contributed by atoms with Crippen molar-refractivity contribution in [1.82, 2.24) is 15.4 Å². The third-order valence-corrected chi connectivity index (χ3v) is 5.98. The normalized spacial score (nSPS) is 16.8. The first-order chi connectivity index (χ1) is 18.3. The summed E-state index contributed by atoms with van der Waals surface area (Å²) in [5.41, 5.74) is 3.99. The van der Waals surface area contributed by atoms with Gasteiger partial charge in [-0.1, -0.05) is 5.16 Å². The van der Waals surface area contributed by atoms with Crippen molar-refractivity contribution in [2.75, 3.05) is 12.3 Å². The molecule has 0 unspecified atom stereocenters. The van der Waals surface area contributed by atoms with Gasteiger partial charge < -0.3 is 25.7 Å². The van der Waals surface area contributed by atoms with Crippen molar-refractivity contribution in [3.8, 4) is 0 Å². The van der Waals surface area contributed by atoms with Crippen molar-refractivity contribution in [1.29, 1.82) is 0 Å². The second-order valence-corrected chi connectivity index (χ2v) is 9.52. The van der Waals surface area contributed by atoms with Crippen LogP contribution in [-0.4, -0.2) is 103 Å². The molecule has 1 aromatic heterocycles. The number of oxime groups is 1. The number of carboxylic acids is 1. The maximum atomic E-state index is 13.0. The molecule has 3 rings (SSSR count). The summed E-state index contributed by atoms with van der Waals surface area (Å²) in [6.45, 7) is 3.28. The number of benzene rings is 1. The van der Waals surface area contributed by atoms with E-state index in [0.717, 1.165) is 16.4 Å². The van der Waals surface area contributed by atoms with Gasteiger partial charge in [0.2, 0.25) is 5.60 Å². The van der Waals surface area contributed by atoms with Crippen LogP contribution in [0.25, 0.3) is 0 Å². The van der Waals surface area contributed by atoms with Gasteiger partial charge in [-0.15, -0.1) is 11.3 Å². The number of ether oxygens (including phenoxy) is 1. The van der Waals surface area contributed by atoms with Crippen LogP contribution in [-0.2, 0) is 40.2 Å². The number of nitrogens with two attached hydrogens (primary N) is 1. The number of hydrogen-bond acceptors (Lipinski definition) is 13. The molecule has 1 aromatic carbocycles. The Morgan fingerprint density at radius 3 is 2.48 bits per heavy atom. The minimum Gasteiger partial charge on any atom is -0.479 e. The number of esters is 1. The molecule has 18 heteroatoms. The number of nitrogens with one attached hydrogen (secondary N) is 1. The van der Waals surface area contributed by atoms with Gasteiger partial charge >= 0.3 is 11.9 Å². The van der Waals surface area contributed by atoms with Crippen LogP contribution in [0.5, 0.6) is 0 Å². The number of hydroxylamine groups is 2. The number of thiazole rings is 1. The van der Waals surface area contributed by atoms with Crippen LogP contribution < -0.4 is 11.1 Å². The van der Waals surface area contributed by atoms with E-state index in [1.807, 2.05) is 0 Å². The standard InChI is InChI=1S/C22H24N6O10S.Na/c1-11-16(19(32)27(11)37-9-15(29)30)25-18(31)17(14-10-39-21(23)24-14)26-38-22(2,3)20(33)36-8-12-4-6-13(7-5-12)28(34)35;/h4-7,10-11,16H,8-9H2,1-3H3,(H2,23,24)(H,25,31)(H,29,30);/t11-,16-;/m0./s1. The van der Waals surface area contributed by atoms with Crippen LogP contribution in [0.15, 0.2) is 34.8 Å². The van der Waals surface area contributed by atoms with Crippen molar-refractivity contribution >= 4 is 81.2 Å². The van der Waals surface area contributed by atoms with Gasteiger partial charge in [0.05, 0.1) is 11.0 Å². The molecular formula is C22H24N6NaO10S. The number of aliphatic carboxylic acids is 1. The van der Waals surface area contributed by atoms with Gasteiger partial charge in [0.15, 0.2) is 17.5 Å². The molecule has 0 aliphatic carbocycles. The molecule has 1 saturated heterocycles. The molecule has 0 bridgehead atoms. The molecule has 209 valence electrons. The summed E-state index contributed by atoms with van der Waals surface area (Å²) in [7, 11) is 0. The maximum Gasteiger partial charge on any atom is 0.353 e. The number of β-lactam (4-membered cyclic amide) rings is 1. The van der Waals surface area contributed by atoms with Gasteiger partial charge in [-0.3, -0.25) is 24.5 Å². The molecule has 2 amide bonds. The molecule has 40 heavy (non-hydrogen) atoms. The fourth-order valence-electron chi connectivity index (χ4n) is 3.13. The van der Waals surface area contributed by atoms with Gasteiger partial charge in [0.1, 0.15) is 18.3 Å². The van der Waals surface area contributed by atoms with Crippen molar-refractivity contribution in [2.24, 2.45) is 5.16 Å². The molecule has 1 fully saturated rings. The van der Waals surface area contributed by atoms with Crippen molar-refractivity contribution in [3.05, 3.63) is 51.0 Å². The maximum absolute atomic E-state index is 13.0. The number of rotatable bonds is 12. The number of amides is 2. The molecule has 1 aliphatic heterocycles. The predicted molar refractivity (Wildman–Crippen MR) is 139 cm³/mol. The number of nitrogen functional groups attached to an aromatic ring is 1. The van der Waals surface area contributed by atoms with Crippen LogP contribution in [0.1, 0.15) is 32.0 Å². The molecule has 0 spiro atoms. The average Bonchev–Trinajstić information content (AvgIpc) is 3.31.